The number of carbonyl (C=O) groups is 2. The predicted molar refractivity (Wildman–Crippen MR) is 94.5 cm³/mol. The minimum Gasteiger partial charge on any atom is -0.493 e. The van der Waals surface area contributed by atoms with Crippen molar-refractivity contribution in [3.63, 3.8) is 0 Å². The van der Waals surface area contributed by atoms with Crippen LogP contribution in [0.1, 0.15) is 26.5 Å². The van der Waals surface area contributed by atoms with E-state index in [1.165, 1.54) is 33.5 Å². The van der Waals surface area contributed by atoms with Crippen LogP contribution in [-0.2, 0) is 11.8 Å². The minimum atomic E-state index is -0.618. The molecule has 0 saturated carbocycles. The van der Waals surface area contributed by atoms with Crippen LogP contribution >= 0.6 is 15.9 Å². The lowest BCUT2D eigenvalue weighted by atomic mass is 10.1. The first-order chi connectivity index (χ1) is 11.8. The Morgan fingerprint density at radius 2 is 1.76 bits per heavy atom. The molecule has 2 aromatic rings. The molecule has 1 heterocycles. The summed E-state index contributed by atoms with van der Waals surface area (Å²) in [6.07, 6.45) is 0. The number of nitrogens with zero attached hydrogens (tertiary/aromatic N) is 2. The number of ether oxygens (including phenoxy) is 3. The monoisotopic (exact) mass is 411 g/mol. The topological polar surface area (TPSA) is 91.7 Å². The molecule has 1 N–H and O–H groups in total. The minimum absolute atomic E-state index is 0.136. The van der Waals surface area contributed by atoms with Gasteiger partial charge in [-0.1, -0.05) is 0 Å². The Balaban J connectivity index is 2.48. The van der Waals surface area contributed by atoms with Gasteiger partial charge in [-0.15, -0.1) is 0 Å². The summed E-state index contributed by atoms with van der Waals surface area (Å²) in [4.78, 5) is 24.6. The number of esters is 1. The number of anilines is 1. The van der Waals surface area contributed by atoms with Crippen LogP contribution in [0.15, 0.2) is 16.6 Å². The zero-order valence-corrected chi connectivity index (χ0v) is 16.1. The molecule has 1 aromatic carbocycles. The third-order valence-corrected chi connectivity index (χ3v) is 4.60. The number of methoxy groups -OCH3 is 3. The standard InChI is InChI=1S/C16H18BrN3O5/c1-8-13(17)14(19-20(8)2)15(21)18-10-7-12(24-4)11(23-3)6-9(10)16(22)25-5/h6-7H,1-5H3,(H,18,21). The number of carbonyl (C=O) groups excluding carboxylic acids is 2. The van der Waals surface area contributed by atoms with E-state index < -0.39 is 11.9 Å². The summed E-state index contributed by atoms with van der Waals surface area (Å²) < 4.78 is 17.3. The van der Waals surface area contributed by atoms with Gasteiger partial charge in [0.15, 0.2) is 17.2 Å². The second-order valence-electron chi connectivity index (χ2n) is 5.07. The summed E-state index contributed by atoms with van der Waals surface area (Å²) in [6.45, 7) is 1.82. The number of aryl methyl sites for hydroxylation is 1. The summed E-state index contributed by atoms with van der Waals surface area (Å²) in [7, 11) is 5.89. The number of halogens is 1. The highest BCUT2D eigenvalue weighted by Crippen LogP contribution is 2.34. The summed E-state index contributed by atoms with van der Waals surface area (Å²) in [5.74, 6) is -0.391. The smallest absolute Gasteiger partial charge is 0.340 e. The molecular formula is C16H18BrN3O5. The first kappa shape index (κ1) is 18.8. The molecule has 9 heteroatoms. The van der Waals surface area contributed by atoms with Gasteiger partial charge in [0, 0.05) is 19.2 Å². The van der Waals surface area contributed by atoms with Crippen molar-refractivity contribution < 1.29 is 23.8 Å². The molecule has 0 radical (unpaired) electrons. The van der Waals surface area contributed by atoms with E-state index in [0.29, 0.717) is 16.0 Å². The lowest BCUT2D eigenvalue weighted by molar-refractivity contribution is 0.0601. The maximum atomic E-state index is 12.6. The van der Waals surface area contributed by atoms with Gasteiger partial charge >= 0.3 is 5.97 Å². The van der Waals surface area contributed by atoms with E-state index in [1.807, 2.05) is 6.92 Å². The third-order valence-electron chi connectivity index (χ3n) is 3.65. The molecule has 0 aliphatic rings. The first-order valence-electron chi connectivity index (χ1n) is 7.18. The summed E-state index contributed by atoms with van der Waals surface area (Å²) in [5, 5.41) is 6.83. The number of amides is 1. The van der Waals surface area contributed by atoms with E-state index in [0.717, 1.165) is 5.69 Å². The fraction of sp³-hybridized carbons (Fsp3) is 0.312. The molecule has 8 nitrogen and oxygen atoms in total. The Hall–Kier alpha value is -2.55. The van der Waals surface area contributed by atoms with E-state index in [2.05, 4.69) is 26.3 Å². The van der Waals surface area contributed by atoms with Crippen molar-refractivity contribution in [3.8, 4) is 11.5 Å². The predicted octanol–water partition coefficient (Wildman–Crippen LogP) is 2.55. The van der Waals surface area contributed by atoms with Crippen LogP contribution in [0.2, 0.25) is 0 Å². The van der Waals surface area contributed by atoms with E-state index in [1.54, 1.807) is 11.7 Å². The molecule has 0 atom stereocenters. The summed E-state index contributed by atoms with van der Waals surface area (Å²) in [6, 6.07) is 2.94. The number of hydrogen-bond acceptors (Lipinski definition) is 6. The van der Waals surface area contributed by atoms with Crippen molar-refractivity contribution in [2.45, 2.75) is 6.92 Å². The SMILES string of the molecule is COC(=O)c1cc(OC)c(OC)cc1NC(=O)c1nn(C)c(C)c1Br. The number of hydrogen-bond donors (Lipinski definition) is 1. The Bertz CT molecular complexity index is 832. The van der Waals surface area contributed by atoms with E-state index >= 15 is 0 Å². The first-order valence-corrected chi connectivity index (χ1v) is 7.98. The molecule has 0 aliphatic carbocycles. The van der Waals surface area contributed by atoms with E-state index in [4.69, 9.17) is 14.2 Å². The normalized spacial score (nSPS) is 10.3. The van der Waals surface area contributed by atoms with Gasteiger partial charge in [-0.05, 0) is 22.9 Å². The van der Waals surface area contributed by atoms with Crippen LogP contribution in [0.4, 0.5) is 5.69 Å². The number of aromatic nitrogens is 2. The van der Waals surface area contributed by atoms with Crippen molar-refractivity contribution in [1.82, 2.24) is 9.78 Å². The van der Waals surface area contributed by atoms with Gasteiger partial charge in [0.05, 0.1) is 42.7 Å². The molecular weight excluding hydrogens is 394 g/mol. The zero-order valence-electron chi connectivity index (χ0n) is 14.5. The van der Waals surface area contributed by atoms with Gasteiger partial charge in [-0.25, -0.2) is 4.79 Å². The fourth-order valence-corrected chi connectivity index (χ4v) is 2.69. The van der Waals surface area contributed by atoms with E-state index in [-0.39, 0.29) is 16.9 Å². The van der Waals surface area contributed by atoms with Crippen LogP contribution in [0.5, 0.6) is 11.5 Å². The Morgan fingerprint density at radius 3 is 2.24 bits per heavy atom. The number of benzene rings is 1. The second-order valence-corrected chi connectivity index (χ2v) is 5.86. The lowest BCUT2D eigenvalue weighted by Gasteiger charge is -2.14. The molecule has 0 fully saturated rings. The van der Waals surface area contributed by atoms with Crippen molar-refractivity contribution in [3.05, 3.63) is 33.6 Å². The fourth-order valence-electron chi connectivity index (χ4n) is 2.17. The van der Waals surface area contributed by atoms with Crippen molar-refractivity contribution >= 4 is 33.5 Å². The average Bonchev–Trinajstić information content (AvgIpc) is 2.88. The molecule has 0 bridgehead atoms. The van der Waals surface area contributed by atoms with Crippen molar-refractivity contribution in [1.29, 1.82) is 0 Å². The summed E-state index contributed by atoms with van der Waals surface area (Å²) in [5.41, 5.74) is 1.36. The van der Waals surface area contributed by atoms with Gasteiger partial charge in [0.25, 0.3) is 5.91 Å². The maximum Gasteiger partial charge on any atom is 0.340 e. The Morgan fingerprint density at radius 1 is 1.16 bits per heavy atom. The van der Waals surface area contributed by atoms with Gasteiger partial charge in [0.1, 0.15) is 0 Å². The molecule has 1 amide bonds. The average molecular weight is 412 g/mol. The van der Waals surface area contributed by atoms with Crippen molar-refractivity contribution in [2.75, 3.05) is 26.6 Å². The third kappa shape index (κ3) is 3.60. The highest BCUT2D eigenvalue weighted by molar-refractivity contribution is 9.10. The molecule has 0 spiro atoms. The molecule has 25 heavy (non-hydrogen) atoms. The van der Waals surface area contributed by atoms with Gasteiger partial charge < -0.3 is 19.5 Å². The molecule has 2 rings (SSSR count). The molecule has 134 valence electrons. The zero-order chi connectivity index (χ0) is 18.7. The molecule has 0 saturated heterocycles. The molecule has 1 aromatic heterocycles. The van der Waals surface area contributed by atoms with Gasteiger partial charge in [-0.3, -0.25) is 9.48 Å². The Labute approximate surface area is 153 Å². The van der Waals surface area contributed by atoms with Crippen LogP contribution in [0, 0.1) is 6.92 Å². The van der Waals surface area contributed by atoms with Crippen molar-refractivity contribution in [2.24, 2.45) is 7.05 Å². The second kappa shape index (κ2) is 7.56. The highest BCUT2D eigenvalue weighted by Gasteiger charge is 2.22. The van der Waals surface area contributed by atoms with Crippen LogP contribution < -0.4 is 14.8 Å². The molecule has 0 unspecified atom stereocenters. The molecule has 0 aliphatic heterocycles. The van der Waals surface area contributed by atoms with Crippen LogP contribution in [-0.4, -0.2) is 43.0 Å². The van der Waals surface area contributed by atoms with Gasteiger partial charge in [0.2, 0.25) is 0 Å². The van der Waals surface area contributed by atoms with Crippen LogP contribution in [0.25, 0.3) is 0 Å². The highest BCUT2D eigenvalue weighted by atomic mass is 79.9. The number of rotatable bonds is 5. The van der Waals surface area contributed by atoms with E-state index in [9.17, 15) is 9.59 Å². The number of nitrogens with one attached hydrogen (secondary N) is 1. The quantitative estimate of drug-likeness (QED) is 0.760. The lowest BCUT2D eigenvalue weighted by Crippen LogP contribution is -2.17. The summed E-state index contributed by atoms with van der Waals surface area (Å²) >= 11 is 3.35. The Kier molecular flexibility index (Phi) is 5.68. The van der Waals surface area contributed by atoms with Gasteiger partial charge in [-0.2, -0.15) is 5.10 Å². The largest absolute Gasteiger partial charge is 0.493 e. The maximum absolute atomic E-state index is 12.6. The van der Waals surface area contributed by atoms with Crippen LogP contribution in [0.3, 0.4) is 0 Å².